The maximum atomic E-state index is 11.0. The number of anilines is 1. The van der Waals surface area contributed by atoms with Gasteiger partial charge in [0.15, 0.2) is 0 Å². The van der Waals surface area contributed by atoms with E-state index in [-0.39, 0.29) is 17.6 Å². The number of amides is 1. The molecule has 1 aliphatic rings. The number of halogens is 1. The van der Waals surface area contributed by atoms with Crippen LogP contribution in [0.15, 0.2) is 18.2 Å². The lowest BCUT2D eigenvalue weighted by Crippen LogP contribution is -2.27. The molecule has 1 heterocycles. The first-order valence-electron chi connectivity index (χ1n) is 5.11. The molecular formula is C11H13ClN2O2. The van der Waals surface area contributed by atoms with Gasteiger partial charge in [0.05, 0.1) is 11.6 Å². The first-order valence-corrected chi connectivity index (χ1v) is 5.49. The van der Waals surface area contributed by atoms with Gasteiger partial charge in [-0.2, -0.15) is 0 Å². The lowest BCUT2D eigenvalue weighted by Gasteiger charge is -2.19. The second kappa shape index (κ2) is 4.22. The maximum absolute atomic E-state index is 11.0. The summed E-state index contributed by atoms with van der Waals surface area (Å²) in [5.74, 6) is -0.348. The highest BCUT2D eigenvalue weighted by Crippen LogP contribution is 2.35. The third-order valence-corrected chi connectivity index (χ3v) is 3.28. The number of rotatable bonds is 2. The van der Waals surface area contributed by atoms with E-state index in [9.17, 15) is 9.90 Å². The van der Waals surface area contributed by atoms with Crippen LogP contribution in [0.3, 0.4) is 0 Å². The topological polar surface area (TPSA) is 66.6 Å². The number of carbonyl (C=O) groups excluding carboxylic acids is 1. The van der Waals surface area contributed by atoms with E-state index in [0.29, 0.717) is 11.6 Å². The summed E-state index contributed by atoms with van der Waals surface area (Å²) in [7, 11) is 0. The molecule has 0 bridgehead atoms. The van der Waals surface area contributed by atoms with Gasteiger partial charge in [-0.25, -0.2) is 0 Å². The predicted molar refractivity (Wildman–Crippen MR) is 62.6 cm³/mol. The van der Waals surface area contributed by atoms with Gasteiger partial charge in [-0.1, -0.05) is 17.7 Å². The molecule has 1 aromatic rings. The third-order valence-electron chi connectivity index (χ3n) is 2.89. The smallest absolute Gasteiger partial charge is 0.222 e. The lowest BCUT2D eigenvalue weighted by atomic mass is 10.1. The van der Waals surface area contributed by atoms with Gasteiger partial charge >= 0.3 is 0 Å². The van der Waals surface area contributed by atoms with Crippen molar-refractivity contribution in [2.75, 3.05) is 18.0 Å². The van der Waals surface area contributed by atoms with Crippen molar-refractivity contribution in [3.05, 3.63) is 23.2 Å². The Bertz CT molecular complexity index is 422. The molecule has 0 aromatic heterocycles. The Morgan fingerprint density at radius 2 is 2.31 bits per heavy atom. The van der Waals surface area contributed by atoms with Gasteiger partial charge in [0, 0.05) is 13.1 Å². The van der Waals surface area contributed by atoms with Crippen LogP contribution in [0.25, 0.3) is 0 Å². The molecule has 1 amide bonds. The molecule has 3 N–H and O–H groups in total. The molecule has 1 fully saturated rings. The van der Waals surface area contributed by atoms with E-state index in [4.69, 9.17) is 17.3 Å². The zero-order chi connectivity index (χ0) is 11.7. The number of nitrogens with zero attached hydrogens (tertiary/aromatic N) is 1. The minimum absolute atomic E-state index is 0.0571. The standard InChI is InChI=1S/C11H13ClN2O2/c12-10-8(2-1-3-9(10)15)14-5-4-7(6-14)11(13)16/h1-3,7,15H,4-6H2,(H2,13,16)/t7-/m0/s1. The second-order valence-electron chi connectivity index (χ2n) is 3.94. The third kappa shape index (κ3) is 1.93. The van der Waals surface area contributed by atoms with Crippen LogP contribution in [-0.4, -0.2) is 24.1 Å². The number of carbonyl (C=O) groups is 1. The second-order valence-corrected chi connectivity index (χ2v) is 4.32. The van der Waals surface area contributed by atoms with Crippen molar-refractivity contribution >= 4 is 23.2 Å². The highest BCUT2D eigenvalue weighted by atomic mass is 35.5. The summed E-state index contributed by atoms with van der Waals surface area (Å²) < 4.78 is 0. The monoisotopic (exact) mass is 240 g/mol. The van der Waals surface area contributed by atoms with Crippen LogP contribution in [-0.2, 0) is 4.79 Å². The van der Waals surface area contributed by atoms with Gasteiger partial charge in [-0.15, -0.1) is 0 Å². The number of primary amides is 1. The molecule has 0 unspecified atom stereocenters. The van der Waals surface area contributed by atoms with Crippen LogP contribution in [0.1, 0.15) is 6.42 Å². The number of benzene rings is 1. The number of phenols is 1. The van der Waals surface area contributed by atoms with E-state index in [2.05, 4.69) is 0 Å². The van der Waals surface area contributed by atoms with Gasteiger partial charge in [0.1, 0.15) is 10.8 Å². The number of hydrogen-bond donors (Lipinski definition) is 2. The molecule has 1 aliphatic heterocycles. The molecule has 5 heteroatoms. The summed E-state index contributed by atoms with van der Waals surface area (Å²) in [4.78, 5) is 13.0. The lowest BCUT2D eigenvalue weighted by molar-refractivity contribution is -0.121. The summed E-state index contributed by atoms with van der Waals surface area (Å²) in [5.41, 5.74) is 6.01. The molecule has 0 radical (unpaired) electrons. The van der Waals surface area contributed by atoms with Crippen molar-refractivity contribution in [3.8, 4) is 5.75 Å². The number of aromatic hydroxyl groups is 1. The Balaban J connectivity index is 2.21. The molecule has 0 saturated carbocycles. The van der Waals surface area contributed by atoms with Crippen molar-refractivity contribution in [1.82, 2.24) is 0 Å². The minimum atomic E-state index is -0.279. The first kappa shape index (κ1) is 11.1. The van der Waals surface area contributed by atoms with Gasteiger partial charge in [-0.05, 0) is 18.6 Å². The molecule has 86 valence electrons. The summed E-state index contributed by atoms with van der Waals surface area (Å²) in [6.45, 7) is 1.30. The van der Waals surface area contributed by atoms with Crippen LogP contribution in [0, 0.1) is 5.92 Å². The Hall–Kier alpha value is -1.42. The zero-order valence-electron chi connectivity index (χ0n) is 8.69. The Kier molecular flexibility index (Phi) is 2.92. The van der Waals surface area contributed by atoms with Crippen molar-refractivity contribution in [1.29, 1.82) is 0 Å². The Morgan fingerprint density at radius 1 is 1.56 bits per heavy atom. The summed E-state index contributed by atoms with van der Waals surface area (Å²) in [6, 6.07) is 5.09. The highest BCUT2D eigenvalue weighted by Gasteiger charge is 2.28. The van der Waals surface area contributed by atoms with E-state index in [1.807, 2.05) is 11.0 Å². The molecule has 1 saturated heterocycles. The Morgan fingerprint density at radius 3 is 2.94 bits per heavy atom. The minimum Gasteiger partial charge on any atom is -0.506 e. The van der Waals surface area contributed by atoms with E-state index in [0.717, 1.165) is 18.7 Å². The van der Waals surface area contributed by atoms with Crippen molar-refractivity contribution in [2.24, 2.45) is 11.7 Å². The normalized spacial score (nSPS) is 20.1. The zero-order valence-corrected chi connectivity index (χ0v) is 9.44. The average molecular weight is 241 g/mol. The van der Waals surface area contributed by atoms with Crippen LogP contribution in [0.2, 0.25) is 5.02 Å². The quantitative estimate of drug-likeness (QED) is 0.820. The summed E-state index contributed by atoms with van der Waals surface area (Å²) in [5, 5.41) is 9.81. The number of hydrogen-bond acceptors (Lipinski definition) is 3. The SMILES string of the molecule is NC(=O)[C@H]1CCN(c2cccc(O)c2Cl)C1. The van der Waals surface area contributed by atoms with Crippen LogP contribution in [0.5, 0.6) is 5.75 Å². The van der Waals surface area contributed by atoms with Gasteiger partial charge < -0.3 is 15.7 Å². The molecule has 1 atom stereocenters. The van der Waals surface area contributed by atoms with E-state index >= 15 is 0 Å². The van der Waals surface area contributed by atoms with Crippen molar-refractivity contribution in [2.45, 2.75) is 6.42 Å². The van der Waals surface area contributed by atoms with E-state index < -0.39 is 0 Å². The maximum Gasteiger partial charge on any atom is 0.222 e. The van der Waals surface area contributed by atoms with Crippen molar-refractivity contribution < 1.29 is 9.90 Å². The molecule has 0 spiro atoms. The van der Waals surface area contributed by atoms with E-state index in [1.54, 1.807) is 6.07 Å². The molecule has 16 heavy (non-hydrogen) atoms. The van der Waals surface area contributed by atoms with Crippen LogP contribution < -0.4 is 10.6 Å². The predicted octanol–water partition coefficient (Wildman–Crippen LogP) is 1.36. The van der Waals surface area contributed by atoms with Crippen LogP contribution >= 0.6 is 11.6 Å². The fourth-order valence-electron chi connectivity index (χ4n) is 1.96. The molecule has 1 aromatic carbocycles. The van der Waals surface area contributed by atoms with Gasteiger partial charge in [0.25, 0.3) is 0 Å². The number of nitrogens with two attached hydrogens (primary N) is 1. The highest BCUT2D eigenvalue weighted by molar-refractivity contribution is 6.34. The first-order chi connectivity index (χ1) is 7.59. The van der Waals surface area contributed by atoms with Gasteiger partial charge in [0.2, 0.25) is 5.91 Å². The fraction of sp³-hybridized carbons (Fsp3) is 0.364. The van der Waals surface area contributed by atoms with E-state index in [1.165, 1.54) is 6.07 Å². The molecular weight excluding hydrogens is 228 g/mol. The van der Waals surface area contributed by atoms with Gasteiger partial charge in [-0.3, -0.25) is 4.79 Å². The largest absolute Gasteiger partial charge is 0.506 e. The molecule has 2 rings (SSSR count). The van der Waals surface area contributed by atoms with Crippen LogP contribution in [0.4, 0.5) is 5.69 Å². The summed E-state index contributed by atoms with van der Waals surface area (Å²) >= 11 is 5.99. The summed E-state index contributed by atoms with van der Waals surface area (Å²) in [6.07, 6.45) is 0.737. The van der Waals surface area contributed by atoms with Crippen molar-refractivity contribution in [3.63, 3.8) is 0 Å². The Labute approximate surface area is 98.6 Å². The fourth-order valence-corrected chi connectivity index (χ4v) is 2.21. The number of phenolic OH excluding ortho intramolecular Hbond substituents is 1. The molecule has 4 nitrogen and oxygen atoms in total. The molecule has 0 aliphatic carbocycles. The average Bonchev–Trinajstić information content (AvgIpc) is 2.71.